The summed E-state index contributed by atoms with van der Waals surface area (Å²) in [7, 11) is 0. The largest absolute Gasteiger partial charge is 0.395 e. The van der Waals surface area contributed by atoms with Crippen LogP contribution in [0.5, 0.6) is 0 Å². The van der Waals surface area contributed by atoms with Crippen molar-refractivity contribution in [2.24, 2.45) is 0 Å². The van der Waals surface area contributed by atoms with Crippen LogP contribution in [0.4, 0.5) is 11.4 Å². The molecule has 0 bridgehead atoms. The van der Waals surface area contributed by atoms with Crippen LogP contribution in [0.1, 0.15) is 13.3 Å². The van der Waals surface area contributed by atoms with Gasteiger partial charge >= 0.3 is 0 Å². The van der Waals surface area contributed by atoms with Crippen molar-refractivity contribution >= 4 is 28.9 Å². The van der Waals surface area contributed by atoms with Crippen molar-refractivity contribution in [3.05, 3.63) is 33.3 Å². The van der Waals surface area contributed by atoms with Crippen molar-refractivity contribution in [2.45, 2.75) is 13.3 Å². The molecule has 0 unspecified atom stereocenters. The number of amides is 1. The Balaban J connectivity index is 2.67. The number of nitrogens with zero attached hydrogens (tertiary/aromatic N) is 2. The molecular formula is C13H18ClN3O4. The predicted molar refractivity (Wildman–Crippen MR) is 80.6 cm³/mol. The summed E-state index contributed by atoms with van der Waals surface area (Å²) >= 11 is 5.90. The Morgan fingerprint density at radius 1 is 1.48 bits per heavy atom. The van der Waals surface area contributed by atoms with Crippen LogP contribution < -0.4 is 5.32 Å². The molecule has 1 aromatic carbocycles. The van der Waals surface area contributed by atoms with E-state index in [4.69, 9.17) is 16.7 Å². The second kappa shape index (κ2) is 8.56. The molecule has 1 aromatic rings. The maximum atomic E-state index is 11.9. The SMILES string of the molecule is CCCN(CCO)CC(=O)Nc1ccc([N+](=O)[O-])cc1Cl. The predicted octanol–water partition coefficient (Wildman–Crippen LogP) is 1.89. The van der Waals surface area contributed by atoms with Gasteiger partial charge in [-0.05, 0) is 19.0 Å². The van der Waals surface area contributed by atoms with E-state index in [2.05, 4.69) is 5.32 Å². The van der Waals surface area contributed by atoms with Crippen molar-refractivity contribution in [3.63, 3.8) is 0 Å². The zero-order chi connectivity index (χ0) is 15.8. The van der Waals surface area contributed by atoms with E-state index in [1.165, 1.54) is 18.2 Å². The molecular weight excluding hydrogens is 298 g/mol. The van der Waals surface area contributed by atoms with Crippen molar-refractivity contribution in [1.82, 2.24) is 4.90 Å². The van der Waals surface area contributed by atoms with Gasteiger partial charge in [-0.25, -0.2) is 0 Å². The molecule has 116 valence electrons. The quantitative estimate of drug-likeness (QED) is 0.564. The Bertz CT molecular complexity index is 504. The third-order valence-electron chi connectivity index (χ3n) is 2.76. The van der Waals surface area contributed by atoms with Gasteiger partial charge in [0.2, 0.25) is 5.91 Å². The van der Waals surface area contributed by atoms with Crippen LogP contribution >= 0.6 is 11.6 Å². The summed E-state index contributed by atoms with van der Waals surface area (Å²) in [6.45, 7) is 3.19. The zero-order valence-electron chi connectivity index (χ0n) is 11.7. The molecule has 0 aliphatic rings. The fourth-order valence-corrected chi connectivity index (χ4v) is 2.06. The van der Waals surface area contributed by atoms with Crippen molar-refractivity contribution in [1.29, 1.82) is 0 Å². The van der Waals surface area contributed by atoms with Gasteiger partial charge in [0.15, 0.2) is 0 Å². The molecule has 0 heterocycles. The standard InChI is InChI=1S/C13H18ClN3O4/c1-2-5-16(6-7-18)9-13(19)15-12-4-3-10(17(20)21)8-11(12)14/h3-4,8,18H,2,5-7,9H2,1H3,(H,15,19). The molecule has 1 amide bonds. The number of rotatable bonds is 8. The average molecular weight is 316 g/mol. The Morgan fingerprint density at radius 2 is 2.19 bits per heavy atom. The molecule has 8 heteroatoms. The van der Waals surface area contributed by atoms with Crippen LogP contribution in [0.3, 0.4) is 0 Å². The lowest BCUT2D eigenvalue weighted by Gasteiger charge is -2.19. The first-order valence-corrected chi connectivity index (χ1v) is 6.92. The van der Waals surface area contributed by atoms with E-state index in [9.17, 15) is 14.9 Å². The number of aliphatic hydroxyl groups is 1. The minimum Gasteiger partial charge on any atom is -0.395 e. The van der Waals surface area contributed by atoms with E-state index < -0.39 is 4.92 Å². The second-order valence-corrected chi connectivity index (χ2v) is 4.88. The summed E-state index contributed by atoms with van der Waals surface area (Å²) in [5.41, 5.74) is 0.193. The van der Waals surface area contributed by atoms with Gasteiger partial charge in [-0.2, -0.15) is 0 Å². The van der Waals surface area contributed by atoms with Crippen LogP contribution in [0, 0.1) is 10.1 Å². The number of nitrogens with one attached hydrogen (secondary N) is 1. The number of anilines is 1. The number of hydrogen-bond acceptors (Lipinski definition) is 5. The highest BCUT2D eigenvalue weighted by Gasteiger charge is 2.13. The lowest BCUT2D eigenvalue weighted by Crippen LogP contribution is -2.35. The van der Waals surface area contributed by atoms with E-state index >= 15 is 0 Å². The highest BCUT2D eigenvalue weighted by molar-refractivity contribution is 6.34. The fourth-order valence-electron chi connectivity index (χ4n) is 1.84. The van der Waals surface area contributed by atoms with Gasteiger partial charge in [-0.15, -0.1) is 0 Å². The minimum atomic E-state index is -0.554. The number of nitro groups is 1. The number of nitro benzene ring substituents is 1. The molecule has 0 spiro atoms. The number of carbonyl (C=O) groups excluding carboxylic acids is 1. The molecule has 1 rings (SSSR count). The van der Waals surface area contributed by atoms with Gasteiger partial charge in [-0.1, -0.05) is 18.5 Å². The molecule has 0 radical (unpaired) electrons. The first kappa shape index (κ1) is 17.4. The Morgan fingerprint density at radius 3 is 2.71 bits per heavy atom. The first-order valence-electron chi connectivity index (χ1n) is 6.55. The second-order valence-electron chi connectivity index (χ2n) is 4.47. The van der Waals surface area contributed by atoms with Crippen molar-refractivity contribution in [3.8, 4) is 0 Å². The molecule has 2 N–H and O–H groups in total. The van der Waals surface area contributed by atoms with Crippen molar-refractivity contribution in [2.75, 3.05) is 31.6 Å². The summed E-state index contributed by atoms with van der Waals surface area (Å²) in [6.07, 6.45) is 0.867. The van der Waals surface area contributed by atoms with Gasteiger partial charge < -0.3 is 10.4 Å². The highest BCUT2D eigenvalue weighted by atomic mass is 35.5. The van der Waals surface area contributed by atoms with E-state index in [1.54, 1.807) is 0 Å². The monoisotopic (exact) mass is 315 g/mol. The van der Waals surface area contributed by atoms with Gasteiger partial charge in [0.1, 0.15) is 0 Å². The smallest absolute Gasteiger partial charge is 0.271 e. The van der Waals surface area contributed by atoms with Crippen molar-refractivity contribution < 1.29 is 14.8 Å². The normalized spacial score (nSPS) is 10.7. The summed E-state index contributed by atoms with van der Waals surface area (Å²) in [5, 5.41) is 22.3. The molecule has 0 saturated heterocycles. The van der Waals surface area contributed by atoms with Crippen LogP contribution in [-0.2, 0) is 4.79 Å². The van der Waals surface area contributed by atoms with Gasteiger partial charge in [-0.3, -0.25) is 19.8 Å². The van der Waals surface area contributed by atoms with Gasteiger partial charge in [0.25, 0.3) is 5.69 Å². The maximum Gasteiger partial charge on any atom is 0.271 e. The summed E-state index contributed by atoms with van der Waals surface area (Å²) < 4.78 is 0. The number of halogens is 1. The summed E-state index contributed by atoms with van der Waals surface area (Å²) in [6, 6.07) is 3.86. The molecule has 0 aromatic heterocycles. The molecule has 0 aliphatic heterocycles. The molecule has 21 heavy (non-hydrogen) atoms. The Kier molecular flexibility index (Phi) is 7.07. The van der Waals surface area contributed by atoms with Gasteiger partial charge in [0.05, 0.1) is 28.8 Å². The Hall–Kier alpha value is -1.70. The number of hydrogen-bond donors (Lipinski definition) is 2. The number of benzene rings is 1. The third-order valence-corrected chi connectivity index (χ3v) is 3.07. The van der Waals surface area contributed by atoms with Crippen LogP contribution in [0.25, 0.3) is 0 Å². The topological polar surface area (TPSA) is 95.7 Å². The zero-order valence-corrected chi connectivity index (χ0v) is 12.5. The van der Waals surface area contributed by atoms with E-state index in [1.807, 2.05) is 11.8 Å². The Labute approximate surface area is 127 Å². The maximum absolute atomic E-state index is 11.9. The van der Waals surface area contributed by atoms with Gasteiger partial charge in [0, 0.05) is 18.7 Å². The lowest BCUT2D eigenvalue weighted by atomic mass is 10.2. The number of carbonyl (C=O) groups is 1. The minimum absolute atomic E-state index is 0.0223. The highest BCUT2D eigenvalue weighted by Crippen LogP contribution is 2.26. The average Bonchev–Trinajstić information content (AvgIpc) is 2.41. The molecule has 0 aliphatic carbocycles. The number of non-ortho nitro benzene ring substituents is 1. The number of aliphatic hydroxyl groups excluding tert-OH is 1. The van der Waals surface area contributed by atoms with E-state index in [0.29, 0.717) is 18.8 Å². The molecule has 0 atom stereocenters. The van der Waals surface area contributed by atoms with Crippen LogP contribution in [0.15, 0.2) is 18.2 Å². The van der Waals surface area contributed by atoms with E-state index in [0.717, 1.165) is 6.42 Å². The van der Waals surface area contributed by atoms with Crippen LogP contribution in [0.2, 0.25) is 5.02 Å². The van der Waals surface area contributed by atoms with E-state index in [-0.39, 0.29) is 29.8 Å². The molecule has 7 nitrogen and oxygen atoms in total. The third kappa shape index (κ3) is 5.66. The first-order chi connectivity index (χ1) is 9.97. The summed E-state index contributed by atoms with van der Waals surface area (Å²) in [4.78, 5) is 23.8. The summed E-state index contributed by atoms with van der Waals surface area (Å²) in [5.74, 6) is -0.285. The molecule has 0 saturated carbocycles. The molecule has 0 fully saturated rings. The van der Waals surface area contributed by atoms with Crippen LogP contribution in [-0.4, -0.2) is 47.1 Å². The fraction of sp³-hybridized carbons (Fsp3) is 0.462. The lowest BCUT2D eigenvalue weighted by molar-refractivity contribution is -0.384.